The second-order valence-electron chi connectivity index (χ2n) is 10.3. The summed E-state index contributed by atoms with van der Waals surface area (Å²) in [5.41, 5.74) is 6.87. The highest BCUT2D eigenvalue weighted by atomic mass is 16.2. The van der Waals surface area contributed by atoms with Crippen LogP contribution in [0.2, 0.25) is 0 Å². The first-order valence-electron chi connectivity index (χ1n) is 13.5. The molecule has 2 aliphatic heterocycles. The van der Waals surface area contributed by atoms with Gasteiger partial charge in [-0.3, -0.25) is 4.79 Å². The fraction of sp³-hybridized carbons (Fsp3) is 0.355. The van der Waals surface area contributed by atoms with Crippen LogP contribution >= 0.6 is 0 Å². The fourth-order valence-corrected chi connectivity index (χ4v) is 5.82. The molecule has 4 aromatic rings. The second-order valence-corrected chi connectivity index (χ2v) is 10.3. The van der Waals surface area contributed by atoms with Crippen molar-refractivity contribution in [3.63, 3.8) is 0 Å². The third-order valence-electron chi connectivity index (χ3n) is 8.00. The number of carbonyl (C=O) groups excluding carboxylic acids is 1. The summed E-state index contributed by atoms with van der Waals surface area (Å²) in [5, 5.41) is 1.09. The van der Waals surface area contributed by atoms with Crippen LogP contribution in [0.25, 0.3) is 10.9 Å². The lowest BCUT2D eigenvalue weighted by Crippen LogP contribution is -2.48. The number of benzene rings is 2. The zero-order valence-electron chi connectivity index (χ0n) is 21.9. The molecule has 4 heterocycles. The fourth-order valence-electron chi connectivity index (χ4n) is 5.82. The number of amides is 1. The van der Waals surface area contributed by atoms with Gasteiger partial charge in [0, 0.05) is 56.9 Å². The molecule has 37 heavy (non-hydrogen) atoms. The van der Waals surface area contributed by atoms with Crippen LogP contribution in [0.3, 0.4) is 0 Å². The summed E-state index contributed by atoms with van der Waals surface area (Å²) in [6, 6.07) is 23.5. The lowest BCUT2D eigenvalue weighted by molar-refractivity contribution is 0.0638. The Morgan fingerprint density at radius 3 is 2.38 bits per heavy atom. The summed E-state index contributed by atoms with van der Waals surface area (Å²) in [5.74, 6) is 0.969. The van der Waals surface area contributed by atoms with Crippen molar-refractivity contribution in [3.05, 3.63) is 94.8 Å². The van der Waals surface area contributed by atoms with E-state index in [1.165, 1.54) is 22.4 Å². The van der Waals surface area contributed by atoms with E-state index in [-0.39, 0.29) is 5.91 Å². The molecular weight excluding hydrogens is 458 g/mol. The molecule has 2 aliphatic rings. The van der Waals surface area contributed by atoms with Crippen molar-refractivity contribution in [2.24, 2.45) is 0 Å². The summed E-state index contributed by atoms with van der Waals surface area (Å²) >= 11 is 0. The molecule has 190 valence electrons. The first-order chi connectivity index (χ1) is 18.1. The molecule has 0 spiro atoms. The van der Waals surface area contributed by atoms with Gasteiger partial charge in [0.15, 0.2) is 5.82 Å². The van der Waals surface area contributed by atoms with Gasteiger partial charge in [-0.25, -0.2) is 4.98 Å². The number of pyridine rings is 1. The highest BCUT2D eigenvalue weighted by Crippen LogP contribution is 2.33. The highest BCUT2D eigenvalue weighted by Gasteiger charge is 2.27. The number of carbonyl (C=O) groups is 1. The molecule has 0 radical (unpaired) electrons. The van der Waals surface area contributed by atoms with Crippen LogP contribution in [0.1, 0.15) is 39.8 Å². The minimum atomic E-state index is 0.0461. The van der Waals surface area contributed by atoms with Gasteiger partial charge in [-0.1, -0.05) is 61.5 Å². The Morgan fingerprint density at radius 2 is 1.62 bits per heavy atom. The van der Waals surface area contributed by atoms with Crippen LogP contribution in [-0.4, -0.2) is 64.5 Å². The smallest absolute Gasteiger partial charge is 0.272 e. The lowest BCUT2D eigenvalue weighted by atomic mass is 10.00. The maximum atomic E-state index is 13.7. The molecule has 0 aliphatic carbocycles. The van der Waals surface area contributed by atoms with Crippen LogP contribution in [0, 0.1) is 6.92 Å². The number of piperazine rings is 1. The summed E-state index contributed by atoms with van der Waals surface area (Å²) in [7, 11) is 0. The number of likely N-dealkylation sites (N-methyl/N-ethyl adjacent to an activating group) is 1. The number of aryl methyl sites for hydroxylation is 1. The number of aromatic nitrogens is 2. The minimum absolute atomic E-state index is 0.0461. The SMILES string of the molecule is CCN1CCN(C(=O)c2cc3cc(C)n(Cc4ccccc4)c3c(N3CCc4ccccc4C3)n2)CC1. The van der Waals surface area contributed by atoms with Crippen LogP contribution in [0.4, 0.5) is 5.82 Å². The number of rotatable bonds is 5. The van der Waals surface area contributed by atoms with Gasteiger partial charge in [-0.15, -0.1) is 0 Å². The molecule has 0 N–H and O–H groups in total. The quantitative estimate of drug-likeness (QED) is 0.403. The van der Waals surface area contributed by atoms with E-state index in [0.717, 1.165) is 75.5 Å². The molecule has 1 fully saturated rings. The van der Waals surface area contributed by atoms with E-state index >= 15 is 0 Å². The van der Waals surface area contributed by atoms with E-state index < -0.39 is 0 Å². The normalized spacial score (nSPS) is 16.3. The van der Waals surface area contributed by atoms with Crippen molar-refractivity contribution >= 4 is 22.6 Å². The van der Waals surface area contributed by atoms with Crippen molar-refractivity contribution < 1.29 is 4.79 Å². The molecule has 0 bridgehead atoms. The first kappa shape index (κ1) is 23.7. The Bertz CT molecular complexity index is 1420. The number of hydrogen-bond acceptors (Lipinski definition) is 4. The van der Waals surface area contributed by atoms with E-state index in [2.05, 4.69) is 88.9 Å². The van der Waals surface area contributed by atoms with Gasteiger partial charge in [0.25, 0.3) is 5.91 Å². The monoisotopic (exact) mass is 493 g/mol. The lowest BCUT2D eigenvalue weighted by Gasteiger charge is -2.34. The highest BCUT2D eigenvalue weighted by molar-refractivity contribution is 6.00. The predicted molar refractivity (Wildman–Crippen MR) is 149 cm³/mol. The third kappa shape index (κ3) is 4.62. The largest absolute Gasteiger partial charge is 0.350 e. The predicted octanol–water partition coefficient (Wildman–Crippen LogP) is 4.73. The van der Waals surface area contributed by atoms with Gasteiger partial charge in [-0.2, -0.15) is 0 Å². The molecule has 6 rings (SSSR count). The Morgan fingerprint density at radius 1 is 0.892 bits per heavy atom. The number of nitrogens with zero attached hydrogens (tertiary/aromatic N) is 5. The molecule has 6 heteroatoms. The second kappa shape index (κ2) is 10.0. The Labute approximate surface area is 219 Å². The molecular formula is C31H35N5O. The van der Waals surface area contributed by atoms with E-state index in [1.54, 1.807) is 0 Å². The summed E-state index contributed by atoms with van der Waals surface area (Å²) in [4.78, 5) is 25.5. The van der Waals surface area contributed by atoms with Crippen molar-refractivity contribution in [2.45, 2.75) is 33.4 Å². The van der Waals surface area contributed by atoms with Crippen molar-refractivity contribution in [3.8, 4) is 0 Å². The van der Waals surface area contributed by atoms with Crippen LogP contribution < -0.4 is 4.90 Å². The maximum absolute atomic E-state index is 13.7. The molecule has 0 saturated carbocycles. The summed E-state index contributed by atoms with van der Waals surface area (Å²) in [6.07, 6.45) is 0.981. The topological polar surface area (TPSA) is 44.6 Å². The zero-order valence-corrected chi connectivity index (χ0v) is 21.9. The Hall–Kier alpha value is -3.64. The van der Waals surface area contributed by atoms with Crippen molar-refractivity contribution in [2.75, 3.05) is 44.2 Å². The Balaban J connectivity index is 1.43. The van der Waals surface area contributed by atoms with E-state index in [1.807, 2.05) is 11.0 Å². The van der Waals surface area contributed by atoms with Crippen LogP contribution in [0.15, 0.2) is 66.7 Å². The maximum Gasteiger partial charge on any atom is 0.272 e. The average Bonchev–Trinajstić information content (AvgIpc) is 3.26. The molecule has 1 saturated heterocycles. The minimum Gasteiger partial charge on any atom is -0.350 e. The molecule has 2 aromatic heterocycles. The van der Waals surface area contributed by atoms with Gasteiger partial charge in [-0.05, 0) is 48.7 Å². The first-order valence-corrected chi connectivity index (χ1v) is 13.5. The van der Waals surface area contributed by atoms with Gasteiger partial charge in [0.2, 0.25) is 0 Å². The Kier molecular flexibility index (Phi) is 6.43. The van der Waals surface area contributed by atoms with Gasteiger partial charge >= 0.3 is 0 Å². The summed E-state index contributed by atoms with van der Waals surface area (Å²) in [6.45, 7) is 11.2. The molecule has 0 atom stereocenters. The van der Waals surface area contributed by atoms with Gasteiger partial charge in [0.1, 0.15) is 5.69 Å². The number of anilines is 1. The average molecular weight is 494 g/mol. The van der Waals surface area contributed by atoms with Crippen molar-refractivity contribution in [1.82, 2.24) is 19.4 Å². The van der Waals surface area contributed by atoms with Crippen molar-refractivity contribution in [1.29, 1.82) is 0 Å². The summed E-state index contributed by atoms with van der Waals surface area (Å²) < 4.78 is 2.36. The van der Waals surface area contributed by atoms with Gasteiger partial charge in [0.05, 0.1) is 5.52 Å². The number of fused-ring (bicyclic) bond motifs is 2. The molecule has 1 amide bonds. The zero-order chi connectivity index (χ0) is 25.4. The van der Waals surface area contributed by atoms with E-state index in [0.29, 0.717) is 5.69 Å². The standard InChI is InChI=1S/C31H35N5O/c1-3-33-15-17-34(18-16-33)31(37)28-20-27-19-23(2)36(21-24-9-5-4-6-10-24)29(27)30(32-28)35-14-13-25-11-7-8-12-26(25)22-35/h4-12,19-20H,3,13-18,21-22H2,1-2H3. The molecule has 6 nitrogen and oxygen atoms in total. The molecule has 0 unspecified atom stereocenters. The third-order valence-corrected chi connectivity index (χ3v) is 8.00. The van der Waals surface area contributed by atoms with E-state index in [4.69, 9.17) is 4.98 Å². The molecule has 2 aromatic carbocycles. The number of hydrogen-bond donors (Lipinski definition) is 0. The van der Waals surface area contributed by atoms with Crippen LogP contribution in [-0.2, 0) is 19.5 Å². The van der Waals surface area contributed by atoms with Crippen LogP contribution in [0.5, 0.6) is 0 Å². The van der Waals surface area contributed by atoms with Gasteiger partial charge < -0.3 is 19.3 Å². The van der Waals surface area contributed by atoms with E-state index in [9.17, 15) is 4.79 Å².